The van der Waals surface area contributed by atoms with Gasteiger partial charge in [0.05, 0.1) is 29.0 Å². The van der Waals surface area contributed by atoms with Gasteiger partial charge in [-0.2, -0.15) is 16.8 Å². The van der Waals surface area contributed by atoms with Crippen molar-refractivity contribution in [1.82, 2.24) is 0 Å². The summed E-state index contributed by atoms with van der Waals surface area (Å²) in [4.78, 5) is 32.4. The maximum atomic E-state index is 11.6. The van der Waals surface area contributed by atoms with Crippen LogP contribution in [0.15, 0.2) is 12.1 Å². The van der Waals surface area contributed by atoms with Gasteiger partial charge in [0.1, 0.15) is 0 Å². The monoisotopic (exact) mass is 470 g/mol. The molecule has 0 aliphatic carbocycles. The molecule has 0 saturated heterocycles. The number of anilines is 1. The Labute approximate surface area is 170 Å². The number of hydrogen-bond donors (Lipinski definition) is 2. The molecule has 0 bridgehead atoms. The van der Waals surface area contributed by atoms with E-state index in [0.717, 1.165) is 18.4 Å². The first-order valence-electron chi connectivity index (χ1n) is 7.83. The van der Waals surface area contributed by atoms with Gasteiger partial charge in [-0.3, -0.25) is 33.4 Å². The first-order valence-corrected chi connectivity index (χ1v) is 11.5. The highest BCUT2D eigenvalue weighted by Crippen LogP contribution is 2.38. The van der Waals surface area contributed by atoms with Gasteiger partial charge in [-0.1, -0.05) is 0 Å². The molecule has 0 aliphatic rings. The molecule has 17 heteroatoms. The number of carbonyl (C=O) groups is 1. The summed E-state index contributed by atoms with van der Waals surface area (Å²) in [5.74, 6) is -1.23. The highest BCUT2D eigenvalue weighted by Gasteiger charge is 2.32. The molecule has 3 N–H and O–H groups in total. The molecule has 0 heterocycles. The molecule has 0 spiro atoms. The van der Waals surface area contributed by atoms with E-state index in [0.29, 0.717) is 6.26 Å². The van der Waals surface area contributed by atoms with Crippen molar-refractivity contribution in [2.75, 3.05) is 31.0 Å². The van der Waals surface area contributed by atoms with Crippen LogP contribution in [0.3, 0.4) is 0 Å². The molecule has 1 aromatic rings. The Hall–Kier alpha value is -2.89. The average Bonchev–Trinajstić information content (AvgIpc) is 2.55. The smallest absolute Gasteiger partial charge is 0.302 e. The van der Waals surface area contributed by atoms with E-state index in [1.54, 1.807) is 0 Å². The number of nitrogens with one attached hydrogen (secondary N) is 1. The van der Waals surface area contributed by atoms with Gasteiger partial charge in [0.15, 0.2) is 11.8 Å². The lowest BCUT2D eigenvalue weighted by atomic mass is 10.0. The Morgan fingerprint density at radius 3 is 2.17 bits per heavy atom. The Kier molecular flexibility index (Phi) is 8.17. The molecular formula is C13H18N4O11S2. The fourth-order valence-corrected chi connectivity index (χ4v) is 3.26. The third-order valence-electron chi connectivity index (χ3n) is 3.33. The van der Waals surface area contributed by atoms with Crippen molar-refractivity contribution in [3.8, 4) is 0 Å². The predicted molar refractivity (Wildman–Crippen MR) is 102 cm³/mol. The lowest BCUT2D eigenvalue weighted by Gasteiger charge is -2.15. The van der Waals surface area contributed by atoms with Gasteiger partial charge in [-0.05, 0) is 6.07 Å². The van der Waals surface area contributed by atoms with Crippen LogP contribution in [0.2, 0.25) is 0 Å². The van der Waals surface area contributed by atoms with E-state index in [1.807, 2.05) is 0 Å². The summed E-state index contributed by atoms with van der Waals surface area (Å²) in [6, 6.07) is 1.84. The van der Waals surface area contributed by atoms with Gasteiger partial charge < -0.3 is 11.1 Å². The van der Waals surface area contributed by atoms with Crippen molar-refractivity contribution in [2.45, 2.75) is 12.5 Å². The quantitative estimate of drug-likeness (QED) is 0.167. The molecule has 168 valence electrons. The van der Waals surface area contributed by atoms with Crippen LogP contribution in [0.4, 0.5) is 17.1 Å². The summed E-state index contributed by atoms with van der Waals surface area (Å²) in [6.45, 7) is -0.851. The number of rotatable bonds is 12. The second-order valence-electron chi connectivity index (χ2n) is 5.83. The molecule has 1 aromatic carbocycles. The number of benzene rings is 1. The number of amides is 1. The third kappa shape index (κ3) is 7.85. The Balaban J connectivity index is 3.38. The van der Waals surface area contributed by atoms with E-state index >= 15 is 0 Å². The van der Waals surface area contributed by atoms with E-state index in [1.165, 1.54) is 0 Å². The minimum absolute atomic E-state index is 0.287. The van der Waals surface area contributed by atoms with Crippen LogP contribution in [0.5, 0.6) is 0 Å². The third-order valence-corrected chi connectivity index (χ3v) is 4.51. The van der Waals surface area contributed by atoms with Crippen molar-refractivity contribution in [2.24, 2.45) is 5.73 Å². The SMILES string of the molecule is CS(=O)(=O)OCCNc1c([N+](=O)[O-])ccc(CC(OS(C)(=O)=O)C(N)=O)c1[N+](=O)[O-]. The van der Waals surface area contributed by atoms with Crippen molar-refractivity contribution in [3.63, 3.8) is 0 Å². The zero-order valence-corrected chi connectivity index (χ0v) is 17.3. The maximum absolute atomic E-state index is 11.6. The second-order valence-corrected chi connectivity index (χ2v) is 9.07. The molecule has 0 saturated carbocycles. The lowest BCUT2D eigenvalue weighted by molar-refractivity contribution is -0.392. The van der Waals surface area contributed by atoms with Crippen LogP contribution in [-0.2, 0) is 39.8 Å². The largest absolute Gasteiger partial charge is 0.371 e. The first kappa shape index (κ1) is 25.1. The number of hydrogen-bond acceptors (Lipinski definition) is 12. The summed E-state index contributed by atoms with van der Waals surface area (Å²) in [6.07, 6.45) is -1.07. The normalized spacial score (nSPS) is 12.9. The molecule has 0 fully saturated rings. The van der Waals surface area contributed by atoms with Gasteiger partial charge >= 0.3 is 5.69 Å². The molecule has 1 atom stereocenters. The van der Waals surface area contributed by atoms with Crippen LogP contribution in [0, 0.1) is 20.2 Å². The summed E-state index contributed by atoms with van der Waals surface area (Å²) in [5, 5.41) is 25.2. The number of primary amides is 1. The van der Waals surface area contributed by atoms with Gasteiger partial charge in [0.2, 0.25) is 5.91 Å². The maximum Gasteiger partial charge on any atom is 0.302 e. The van der Waals surface area contributed by atoms with Crippen molar-refractivity contribution >= 4 is 43.2 Å². The number of nitrogens with two attached hydrogens (primary N) is 1. The number of nitrogens with zero attached hydrogens (tertiary/aromatic N) is 2. The number of carbonyl (C=O) groups excluding carboxylic acids is 1. The molecule has 1 rings (SSSR count). The van der Waals surface area contributed by atoms with Gasteiger partial charge in [0.25, 0.3) is 25.9 Å². The first-order chi connectivity index (χ1) is 13.6. The van der Waals surface area contributed by atoms with Crippen molar-refractivity contribution in [1.29, 1.82) is 0 Å². The van der Waals surface area contributed by atoms with E-state index < -0.39 is 72.2 Å². The zero-order chi connectivity index (χ0) is 23.3. The molecule has 15 nitrogen and oxygen atoms in total. The summed E-state index contributed by atoms with van der Waals surface area (Å²) >= 11 is 0. The summed E-state index contributed by atoms with van der Waals surface area (Å²) in [5.41, 5.74) is 2.64. The molecule has 0 aromatic heterocycles. The molecular weight excluding hydrogens is 452 g/mol. The van der Waals surface area contributed by atoms with Crippen molar-refractivity contribution < 1.29 is 39.8 Å². The molecule has 1 amide bonds. The summed E-state index contributed by atoms with van der Waals surface area (Å²) < 4.78 is 53.5. The topological polar surface area (TPSA) is 228 Å². The Morgan fingerprint density at radius 1 is 1.13 bits per heavy atom. The highest BCUT2D eigenvalue weighted by atomic mass is 32.2. The zero-order valence-electron chi connectivity index (χ0n) is 15.6. The fraction of sp³-hybridized carbons (Fsp3) is 0.462. The van der Waals surface area contributed by atoms with E-state index in [4.69, 9.17) is 5.73 Å². The van der Waals surface area contributed by atoms with Gasteiger partial charge in [0, 0.05) is 24.6 Å². The van der Waals surface area contributed by atoms with E-state index in [2.05, 4.69) is 13.7 Å². The van der Waals surface area contributed by atoms with Crippen LogP contribution < -0.4 is 11.1 Å². The second kappa shape index (κ2) is 9.74. The minimum atomic E-state index is -4.15. The van der Waals surface area contributed by atoms with Gasteiger partial charge in [-0.15, -0.1) is 0 Å². The lowest BCUT2D eigenvalue weighted by Crippen LogP contribution is -2.35. The van der Waals surface area contributed by atoms with Crippen LogP contribution in [0.1, 0.15) is 5.56 Å². The van der Waals surface area contributed by atoms with E-state index in [-0.39, 0.29) is 12.1 Å². The van der Waals surface area contributed by atoms with Crippen LogP contribution in [-0.4, -0.2) is 64.4 Å². The minimum Gasteiger partial charge on any atom is -0.371 e. The standard InChI is InChI=1S/C13H18N4O11S2/c1-29(23,24)27-6-5-15-11-9(16(19)20)4-3-8(12(11)17(21)22)7-10(13(14)18)28-30(2,25)26/h3-4,10,15H,5-7H2,1-2H3,(H2,14,18). The Morgan fingerprint density at radius 2 is 1.73 bits per heavy atom. The molecule has 0 radical (unpaired) electrons. The number of nitro benzene ring substituents is 2. The van der Waals surface area contributed by atoms with Crippen LogP contribution >= 0.6 is 0 Å². The Bertz CT molecular complexity index is 1050. The van der Waals surface area contributed by atoms with Gasteiger partial charge in [-0.25, -0.2) is 0 Å². The predicted octanol–water partition coefficient (Wildman–Crippen LogP) is -0.736. The molecule has 0 aliphatic heterocycles. The molecule has 30 heavy (non-hydrogen) atoms. The van der Waals surface area contributed by atoms with Crippen molar-refractivity contribution in [3.05, 3.63) is 37.9 Å². The van der Waals surface area contributed by atoms with Crippen LogP contribution in [0.25, 0.3) is 0 Å². The highest BCUT2D eigenvalue weighted by molar-refractivity contribution is 7.86. The molecule has 1 unspecified atom stereocenters. The number of nitro groups is 2. The fourth-order valence-electron chi connectivity index (χ4n) is 2.29. The van der Waals surface area contributed by atoms with E-state index in [9.17, 15) is 41.9 Å². The summed E-state index contributed by atoms with van der Waals surface area (Å²) in [7, 11) is -7.97. The average molecular weight is 470 g/mol.